The highest BCUT2D eigenvalue weighted by molar-refractivity contribution is 6.66. The molecular weight excluding hydrogens is 440 g/mol. The number of aromatic nitrogens is 3. The number of rotatable bonds is 5. The summed E-state index contributed by atoms with van der Waals surface area (Å²) in [6.45, 7) is 7.68. The largest absolute Gasteiger partial charge is 0.351 e. The van der Waals surface area contributed by atoms with Crippen LogP contribution in [0.5, 0.6) is 0 Å². The van der Waals surface area contributed by atoms with Crippen molar-refractivity contribution in [1.29, 1.82) is 0 Å². The summed E-state index contributed by atoms with van der Waals surface area (Å²) < 4.78 is -1.74. The monoisotopic (exact) mass is 461 g/mol. The number of hydrogen-bond donors (Lipinski definition) is 1. The van der Waals surface area contributed by atoms with Crippen molar-refractivity contribution in [2.45, 2.75) is 36.5 Å². The van der Waals surface area contributed by atoms with E-state index in [0.29, 0.717) is 22.7 Å². The van der Waals surface area contributed by atoms with E-state index in [-0.39, 0.29) is 11.9 Å². The van der Waals surface area contributed by atoms with Gasteiger partial charge in [-0.2, -0.15) is 9.97 Å². The molecule has 1 aromatic heterocycles. The van der Waals surface area contributed by atoms with Crippen LogP contribution in [-0.2, 0) is 3.79 Å². The lowest BCUT2D eigenvalue weighted by molar-refractivity contribution is 0.197. The zero-order valence-electron chi connectivity index (χ0n) is 15.8. The molecule has 1 fully saturated rings. The Morgan fingerprint density at radius 2 is 1.86 bits per heavy atom. The van der Waals surface area contributed by atoms with Crippen LogP contribution in [0.25, 0.3) is 11.4 Å². The molecule has 1 aromatic carbocycles. The van der Waals surface area contributed by atoms with Crippen molar-refractivity contribution in [1.82, 2.24) is 19.9 Å². The predicted molar refractivity (Wildman–Crippen MR) is 117 cm³/mol. The molecule has 0 amide bonds. The zero-order chi connectivity index (χ0) is 20.3. The van der Waals surface area contributed by atoms with E-state index >= 15 is 0 Å². The molecular formula is C19H23Cl4N5. The number of halogens is 4. The van der Waals surface area contributed by atoms with E-state index in [9.17, 15) is 0 Å². The van der Waals surface area contributed by atoms with Crippen molar-refractivity contribution in [3.8, 4) is 11.4 Å². The van der Waals surface area contributed by atoms with Gasteiger partial charge in [-0.1, -0.05) is 72.4 Å². The third kappa shape index (κ3) is 6.07. The first-order chi connectivity index (χ1) is 13.2. The third-order valence-corrected chi connectivity index (χ3v) is 5.26. The van der Waals surface area contributed by atoms with Gasteiger partial charge in [0, 0.05) is 36.3 Å². The highest BCUT2D eigenvalue weighted by Gasteiger charge is 2.29. The van der Waals surface area contributed by atoms with Gasteiger partial charge >= 0.3 is 0 Å². The molecule has 0 atom stereocenters. The lowest BCUT2D eigenvalue weighted by Crippen LogP contribution is -2.41. The number of benzene rings is 1. The summed E-state index contributed by atoms with van der Waals surface area (Å²) >= 11 is 24.2. The van der Waals surface area contributed by atoms with Crippen molar-refractivity contribution in [2.24, 2.45) is 5.92 Å². The number of hydrogen-bond acceptors (Lipinski definition) is 5. The minimum absolute atomic E-state index is 0.0854. The Balaban J connectivity index is 1.80. The smallest absolute Gasteiger partial charge is 0.250 e. The minimum atomic E-state index is -1.74. The normalized spacial score (nSPS) is 16.5. The standard InChI is InChI=1S/C19H23Cl4N5/c1-12(2)11-28-8-6-15(7-9-28)24-18-26-16(13-4-3-5-14(20)10-13)25-17(27-18)19(21,22)23/h3-5,10,12,15H,6-9,11H2,1-2H3,(H,24,25,26,27). The number of nitrogens with zero attached hydrogens (tertiary/aromatic N) is 4. The number of likely N-dealkylation sites (tertiary alicyclic amines) is 1. The lowest BCUT2D eigenvalue weighted by Gasteiger charge is -2.33. The SMILES string of the molecule is CC(C)CN1CCC(Nc2nc(-c3cccc(Cl)c3)nc(C(Cl)(Cl)Cl)n2)CC1. The summed E-state index contributed by atoms with van der Waals surface area (Å²) in [6, 6.07) is 7.51. The Bertz CT molecular complexity index is 801. The lowest BCUT2D eigenvalue weighted by atomic mass is 10.0. The summed E-state index contributed by atoms with van der Waals surface area (Å²) in [4.78, 5) is 15.7. The Labute approximate surface area is 185 Å². The average molecular weight is 463 g/mol. The Kier molecular flexibility index (Phi) is 7.26. The van der Waals surface area contributed by atoms with Crippen LogP contribution in [0.3, 0.4) is 0 Å². The van der Waals surface area contributed by atoms with Crippen molar-refractivity contribution in [2.75, 3.05) is 25.0 Å². The molecule has 9 heteroatoms. The topological polar surface area (TPSA) is 53.9 Å². The number of anilines is 1. The molecule has 3 rings (SSSR count). The maximum absolute atomic E-state index is 6.10. The van der Waals surface area contributed by atoms with E-state index in [2.05, 4.69) is 39.0 Å². The molecule has 0 bridgehead atoms. The van der Waals surface area contributed by atoms with Crippen LogP contribution in [0, 0.1) is 5.92 Å². The summed E-state index contributed by atoms with van der Waals surface area (Å²) in [6.07, 6.45) is 2.02. The quantitative estimate of drug-likeness (QED) is 0.590. The molecule has 5 nitrogen and oxygen atoms in total. The highest BCUT2D eigenvalue weighted by Crippen LogP contribution is 2.37. The van der Waals surface area contributed by atoms with Crippen molar-refractivity contribution >= 4 is 52.4 Å². The van der Waals surface area contributed by atoms with E-state index in [4.69, 9.17) is 46.4 Å². The fraction of sp³-hybridized carbons (Fsp3) is 0.526. The summed E-state index contributed by atoms with van der Waals surface area (Å²) in [5.41, 5.74) is 0.736. The van der Waals surface area contributed by atoms with Crippen LogP contribution in [-0.4, -0.2) is 45.5 Å². The van der Waals surface area contributed by atoms with Crippen LogP contribution < -0.4 is 5.32 Å². The second-order valence-electron chi connectivity index (χ2n) is 7.43. The molecule has 0 radical (unpaired) electrons. The van der Waals surface area contributed by atoms with Gasteiger partial charge in [0.25, 0.3) is 0 Å². The van der Waals surface area contributed by atoms with Gasteiger partial charge < -0.3 is 10.2 Å². The zero-order valence-corrected chi connectivity index (χ0v) is 18.8. The molecule has 1 saturated heterocycles. The van der Waals surface area contributed by atoms with Gasteiger partial charge in [-0.3, -0.25) is 0 Å². The average Bonchev–Trinajstić information content (AvgIpc) is 2.62. The fourth-order valence-corrected chi connectivity index (χ4v) is 3.73. The number of alkyl halides is 3. The third-order valence-electron chi connectivity index (χ3n) is 4.52. The maximum Gasteiger partial charge on any atom is 0.250 e. The van der Waals surface area contributed by atoms with E-state index < -0.39 is 3.79 Å². The van der Waals surface area contributed by atoms with E-state index in [0.717, 1.165) is 38.0 Å². The van der Waals surface area contributed by atoms with Crippen LogP contribution in [0.2, 0.25) is 5.02 Å². The van der Waals surface area contributed by atoms with Crippen LogP contribution in [0.4, 0.5) is 5.95 Å². The van der Waals surface area contributed by atoms with E-state index in [1.807, 2.05) is 12.1 Å². The molecule has 0 unspecified atom stereocenters. The van der Waals surface area contributed by atoms with Crippen LogP contribution >= 0.6 is 46.4 Å². The Morgan fingerprint density at radius 1 is 1.14 bits per heavy atom. The van der Waals surface area contributed by atoms with Gasteiger partial charge in [0.1, 0.15) is 0 Å². The number of piperidine rings is 1. The van der Waals surface area contributed by atoms with Crippen molar-refractivity contribution in [3.63, 3.8) is 0 Å². The molecule has 1 aliphatic rings. The predicted octanol–water partition coefficient (Wildman–Crippen LogP) is 5.55. The van der Waals surface area contributed by atoms with Gasteiger partial charge in [0.15, 0.2) is 11.6 Å². The Hall–Kier alpha value is -0.850. The molecule has 2 aromatic rings. The second kappa shape index (κ2) is 9.31. The summed E-state index contributed by atoms with van der Waals surface area (Å²) in [5.74, 6) is 1.58. The minimum Gasteiger partial charge on any atom is -0.351 e. The number of nitrogens with one attached hydrogen (secondary N) is 1. The molecule has 1 N–H and O–H groups in total. The molecule has 0 aliphatic carbocycles. The molecule has 0 spiro atoms. The summed E-state index contributed by atoms with van der Waals surface area (Å²) in [7, 11) is 0. The van der Waals surface area contributed by atoms with Crippen LogP contribution in [0.15, 0.2) is 24.3 Å². The fourth-order valence-electron chi connectivity index (χ4n) is 3.28. The van der Waals surface area contributed by atoms with Crippen molar-refractivity contribution < 1.29 is 0 Å². The van der Waals surface area contributed by atoms with Gasteiger partial charge in [-0.15, -0.1) is 0 Å². The molecule has 28 heavy (non-hydrogen) atoms. The molecule has 152 valence electrons. The van der Waals surface area contributed by atoms with Gasteiger partial charge in [0.05, 0.1) is 0 Å². The Morgan fingerprint density at radius 3 is 2.46 bits per heavy atom. The molecule has 1 aliphatic heterocycles. The summed E-state index contributed by atoms with van der Waals surface area (Å²) in [5, 5.41) is 3.98. The first kappa shape index (κ1) is 21.8. The first-order valence-corrected chi connectivity index (χ1v) is 10.8. The van der Waals surface area contributed by atoms with E-state index in [1.165, 1.54) is 0 Å². The van der Waals surface area contributed by atoms with Gasteiger partial charge in [-0.05, 0) is 30.9 Å². The molecule has 2 heterocycles. The first-order valence-electron chi connectivity index (χ1n) is 9.29. The van der Waals surface area contributed by atoms with E-state index in [1.54, 1.807) is 12.1 Å². The maximum atomic E-state index is 6.10. The van der Waals surface area contributed by atoms with Gasteiger partial charge in [0.2, 0.25) is 9.74 Å². The van der Waals surface area contributed by atoms with Gasteiger partial charge in [-0.25, -0.2) is 4.98 Å². The molecule has 0 saturated carbocycles. The highest BCUT2D eigenvalue weighted by atomic mass is 35.6. The van der Waals surface area contributed by atoms with Crippen molar-refractivity contribution in [3.05, 3.63) is 35.1 Å². The van der Waals surface area contributed by atoms with Crippen LogP contribution in [0.1, 0.15) is 32.5 Å². The second-order valence-corrected chi connectivity index (χ2v) is 10.1.